The number of nitrogens with one attached hydrogen (secondary N) is 1. The van der Waals surface area contributed by atoms with Crippen LogP contribution in [0.5, 0.6) is 0 Å². The van der Waals surface area contributed by atoms with Crippen molar-refractivity contribution >= 4 is 22.6 Å². The predicted octanol–water partition coefficient (Wildman–Crippen LogP) is 1.39. The number of benzene rings is 1. The third kappa shape index (κ3) is 2.81. The Labute approximate surface area is 167 Å². The molecule has 2 N–H and O–H groups in total. The van der Waals surface area contributed by atoms with Crippen LogP contribution < -0.4 is 15.6 Å². The lowest BCUT2D eigenvalue weighted by Gasteiger charge is -2.25. The number of aromatic nitrogens is 1. The monoisotopic (exact) mass is 394 g/mol. The number of pyridine rings is 1. The highest BCUT2D eigenvalue weighted by Gasteiger charge is 2.38. The van der Waals surface area contributed by atoms with E-state index in [0.29, 0.717) is 29.6 Å². The Morgan fingerprint density at radius 1 is 1.38 bits per heavy atom. The number of ether oxygens (including phenoxy) is 1. The lowest BCUT2D eigenvalue weighted by molar-refractivity contribution is 0.0212. The van der Waals surface area contributed by atoms with Gasteiger partial charge in [-0.25, -0.2) is 4.79 Å². The summed E-state index contributed by atoms with van der Waals surface area (Å²) in [5.74, 6) is -1.24. The standard InChI is InChI=1S/C21H22N4O4/c1-11-6-13-19(25(12-2-3-12)8-15(20(13)26)21(27)28)14(7-22)18(11)24-9-16-17(10-24)29-5-4-23-16/h6,8,12,16-17,23H,2-5,9-10H2,1H3,(H,27,28)/t16-,17-/m0/s1. The summed E-state index contributed by atoms with van der Waals surface area (Å²) >= 11 is 0. The van der Waals surface area contributed by atoms with Crippen LogP contribution in [0.4, 0.5) is 5.69 Å². The number of carbonyl (C=O) groups is 1. The van der Waals surface area contributed by atoms with Gasteiger partial charge in [0.05, 0.1) is 30.0 Å². The second kappa shape index (κ2) is 6.58. The molecule has 8 heteroatoms. The number of nitriles is 1. The highest BCUT2D eigenvalue weighted by molar-refractivity contribution is 5.97. The maximum absolute atomic E-state index is 12.9. The molecule has 0 spiro atoms. The summed E-state index contributed by atoms with van der Waals surface area (Å²) in [4.78, 5) is 26.6. The molecule has 1 aliphatic carbocycles. The van der Waals surface area contributed by atoms with Crippen LogP contribution in [0.3, 0.4) is 0 Å². The number of aryl methyl sites for hydroxylation is 1. The normalized spacial score (nSPS) is 23.8. The largest absolute Gasteiger partial charge is 0.477 e. The average Bonchev–Trinajstić information content (AvgIpc) is 3.45. The molecule has 2 aromatic rings. The number of anilines is 1. The van der Waals surface area contributed by atoms with E-state index in [1.54, 1.807) is 6.07 Å². The number of nitrogens with zero attached hydrogens (tertiary/aromatic N) is 3. The number of carboxylic acid groups (broad SMARTS) is 1. The minimum Gasteiger partial charge on any atom is -0.477 e. The van der Waals surface area contributed by atoms with Crippen LogP contribution in [0.15, 0.2) is 17.1 Å². The highest BCUT2D eigenvalue weighted by Crippen LogP contribution is 2.41. The molecule has 3 heterocycles. The number of hydrogen-bond acceptors (Lipinski definition) is 6. The van der Waals surface area contributed by atoms with Crippen LogP contribution in [0.25, 0.3) is 10.9 Å². The Balaban J connectivity index is 1.74. The first-order valence-electron chi connectivity index (χ1n) is 9.95. The zero-order valence-corrected chi connectivity index (χ0v) is 16.1. The van der Waals surface area contributed by atoms with Gasteiger partial charge < -0.3 is 24.6 Å². The fourth-order valence-corrected chi connectivity index (χ4v) is 4.73. The van der Waals surface area contributed by atoms with Gasteiger partial charge in [-0.1, -0.05) is 0 Å². The fourth-order valence-electron chi connectivity index (χ4n) is 4.73. The van der Waals surface area contributed by atoms with Gasteiger partial charge in [0.15, 0.2) is 0 Å². The number of fused-ring (bicyclic) bond motifs is 2. The zero-order valence-electron chi connectivity index (χ0n) is 16.1. The third-order valence-electron chi connectivity index (χ3n) is 6.18. The van der Waals surface area contributed by atoms with Crippen molar-refractivity contribution in [1.29, 1.82) is 5.26 Å². The Bertz CT molecular complexity index is 1110. The molecular formula is C21H22N4O4. The van der Waals surface area contributed by atoms with Gasteiger partial charge in [0.25, 0.3) is 0 Å². The summed E-state index contributed by atoms with van der Waals surface area (Å²) in [6, 6.07) is 4.41. The Hall–Kier alpha value is -2.89. The van der Waals surface area contributed by atoms with Gasteiger partial charge in [-0.3, -0.25) is 4.79 Å². The molecule has 3 aliphatic rings. The van der Waals surface area contributed by atoms with Crippen molar-refractivity contribution in [3.8, 4) is 6.07 Å². The van der Waals surface area contributed by atoms with E-state index in [1.807, 2.05) is 11.5 Å². The van der Waals surface area contributed by atoms with Gasteiger partial charge in [-0.15, -0.1) is 0 Å². The topological polar surface area (TPSA) is 108 Å². The van der Waals surface area contributed by atoms with Crippen molar-refractivity contribution in [1.82, 2.24) is 9.88 Å². The summed E-state index contributed by atoms with van der Waals surface area (Å²) in [7, 11) is 0. The van der Waals surface area contributed by atoms with Crippen molar-refractivity contribution in [2.75, 3.05) is 31.1 Å². The SMILES string of the molecule is Cc1cc2c(=O)c(C(=O)O)cn(C3CC3)c2c(C#N)c1N1C[C@@H]2NCCO[C@H]2C1. The van der Waals surface area contributed by atoms with Gasteiger partial charge in [0.2, 0.25) is 5.43 Å². The molecule has 5 rings (SSSR count). The third-order valence-corrected chi connectivity index (χ3v) is 6.18. The quantitative estimate of drug-likeness (QED) is 0.810. The van der Waals surface area contributed by atoms with Gasteiger partial charge in [0.1, 0.15) is 17.2 Å². The fraction of sp³-hybridized carbons (Fsp3) is 0.476. The Morgan fingerprint density at radius 2 is 2.17 bits per heavy atom. The van der Waals surface area contributed by atoms with E-state index in [4.69, 9.17) is 4.74 Å². The average molecular weight is 394 g/mol. The van der Waals surface area contributed by atoms with Crippen LogP contribution in [0.2, 0.25) is 0 Å². The van der Waals surface area contributed by atoms with Gasteiger partial charge in [0, 0.05) is 37.3 Å². The van der Waals surface area contributed by atoms with Crippen molar-refractivity contribution in [2.45, 2.75) is 38.0 Å². The van der Waals surface area contributed by atoms with E-state index in [-0.39, 0.29) is 23.8 Å². The van der Waals surface area contributed by atoms with E-state index >= 15 is 0 Å². The van der Waals surface area contributed by atoms with Crippen molar-refractivity contribution in [3.63, 3.8) is 0 Å². The van der Waals surface area contributed by atoms with Gasteiger partial charge >= 0.3 is 5.97 Å². The first kappa shape index (κ1) is 18.2. The summed E-state index contributed by atoms with van der Waals surface area (Å²) in [5.41, 5.74) is 1.83. The second-order valence-corrected chi connectivity index (χ2v) is 8.12. The molecule has 3 fully saturated rings. The van der Waals surface area contributed by atoms with Crippen LogP contribution in [-0.4, -0.2) is 54.0 Å². The zero-order chi connectivity index (χ0) is 20.3. The molecule has 150 valence electrons. The molecular weight excluding hydrogens is 372 g/mol. The molecule has 2 atom stereocenters. The first-order valence-corrected chi connectivity index (χ1v) is 9.95. The van der Waals surface area contributed by atoms with Crippen LogP contribution in [-0.2, 0) is 4.74 Å². The molecule has 0 amide bonds. The maximum Gasteiger partial charge on any atom is 0.341 e. The molecule has 0 unspecified atom stereocenters. The summed E-state index contributed by atoms with van der Waals surface area (Å²) in [6.45, 7) is 4.78. The lowest BCUT2D eigenvalue weighted by atomic mass is 10.00. The predicted molar refractivity (Wildman–Crippen MR) is 107 cm³/mol. The smallest absolute Gasteiger partial charge is 0.341 e. The van der Waals surface area contributed by atoms with E-state index < -0.39 is 11.4 Å². The molecule has 1 aromatic heterocycles. The number of rotatable bonds is 3. The van der Waals surface area contributed by atoms with Crippen LogP contribution in [0, 0.1) is 18.3 Å². The van der Waals surface area contributed by atoms with Crippen molar-refractivity contribution in [3.05, 3.63) is 39.2 Å². The molecule has 0 radical (unpaired) electrons. The molecule has 0 bridgehead atoms. The number of aromatic carboxylic acids is 1. The van der Waals surface area contributed by atoms with E-state index in [9.17, 15) is 20.0 Å². The van der Waals surface area contributed by atoms with E-state index in [0.717, 1.165) is 37.2 Å². The van der Waals surface area contributed by atoms with Crippen LogP contribution in [0.1, 0.15) is 40.4 Å². The number of morpholine rings is 1. The molecule has 2 saturated heterocycles. The molecule has 8 nitrogen and oxygen atoms in total. The van der Waals surface area contributed by atoms with Crippen molar-refractivity contribution in [2.24, 2.45) is 0 Å². The Kier molecular flexibility index (Phi) is 4.12. The number of hydrogen-bond donors (Lipinski definition) is 2. The maximum atomic E-state index is 12.9. The summed E-state index contributed by atoms with van der Waals surface area (Å²) < 4.78 is 7.71. The lowest BCUT2D eigenvalue weighted by Crippen LogP contribution is -2.47. The summed E-state index contributed by atoms with van der Waals surface area (Å²) in [5, 5.41) is 23.4. The van der Waals surface area contributed by atoms with E-state index in [1.165, 1.54) is 6.20 Å². The first-order chi connectivity index (χ1) is 14.0. The minimum absolute atomic E-state index is 0.0744. The minimum atomic E-state index is -1.24. The second-order valence-electron chi connectivity index (χ2n) is 8.12. The van der Waals surface area contributed by atoms with E-state index in [2.05, 4.69) is 16.3 Å². The molecule has 29 heavy (non-hydrogen) atoms. The Morgan fingerprint density at radius 3 is 2.83 bits per heavy atom. The van der Waals surface area contributed by atoms with Gasteiger partial charge in [-0.05, 0) is 31.4 Å². The summed E-state index contributed by atoms with van der Waals surface area (Å²) in [6.07, 6.45) is 3.32. The van der Waals surface area contributed by atoms with Crippen molar-refractivity contribution < 1.29 is 14.6 Å². The van der Waals surface area contributed by atoms with Crippen LogP contribution >= 0.6 is 0 Å². The molecule has 1 aromatic carbocycles. The molecule has 1 saturated carbocycles. The molecule has 2 aliphatic heterocycles. The highest BCUT2D eigenvalue weighted by atomic mass is 16.5. The van der Waals surface area contributed by atoms with Gasteiger partial charge in [-0.2, -0.15) is 5.26 Å². The number of carboxylic acids is 1.